The summed E-state index contributed by atoms with van der Waals surface area (Å²) in [5.74, 6) is 0.660. The van der Waals surface area contributed by atoms with Gasteiger partial charge in [-0.3, -0.25) is 10.1 Å². The molecule has 0 atom stereocenters. The van der Waals surface area contributed by atoms with E-state index in [1.807, 2.05) is 0 Å². The fourth-order valence-corrected chi connectivity index (χ4v) is 1.95. The van der Waals surface area contributed by atoms with Crippen LogP contribution in [0.25, 0.3) is 0 Å². The first-order valence-corrected chi connectivity index (χ1v) is 6.26. The van der Waals surface area contributed by atoms with Crippen molar-refractivity contribution in [1.29, 1.82) is 0 Å². The molecular weight excluding hydrogens is 337 g/mol. The van der Waals surface area contributed by atoms with Crippen LogP contribution in [0.1, 0.15) is 5.82 Å². The van der Waals surface area contributed by atoms with Crippen molar-refractivity contribution in [3.63, 3.8) is 0 Å². The number of aromatic nitrogens is 2. The van der Waals surface area contributed by atoms with Crippen molar-refractivity contribution in [2.75, 3.05) is 0 Å². The molecule has 0 aliphatic carbocycles. The van der Waals surface area contributed by atoms with E-state index >= 15 is 0 Å². The van der Waals surface area contributed by atoms with Gasteiger partial charge in [0.15, 0.2) is 0 Å². The van der Waals surface area contributed by atoms with Crippen LogP contribution >= 0.6 is 27.5 Å². The van der Waals surface area contributed by atoms with E-state index in [9.17, 15) is 10.1 Å². The van der Waals surface area contributed by atoms with Crippen LogP contribution in [0.3, 0.4) is 0 Å². The Morgan fingerprint density at radius 2 is 2.11 bits per heavy atom. The van der Waals surface area contributed by atoms with Crippen LogP contribution in [0.5, 0.6) is 11.6 Å². The number of nitro groups is 1. The Morgan fingerprint density at radius 3 is 2.74 bits per heavy atom. The standard InChI is InChI=1S/C11H7BrClN3O3/c1-6-14-10(13)5-11(15-6)19-9-3-2-7(12)4-8(9)16(17)18/h2-5H,1H3. The number of hydrogen-bond acceptors (Lipinski definition) is 5. The highest BCUT2D eigenvalue weighted by Gasteiger charge is 2.17. The predicted octanol–water partition coefficient (Wildman–Crippen LogP) is 3.90. The van der Waals surface area contributed by atoms with Crippen LogP contribution in [0.2, 0.25) is 5.15 Å². The lowest BCUT2D eigenvalue weighted by atomic mass is 10.3. The molecule has 19 heavy (non-hydrogen) atoms. The first-order chi connectivity index (χ1) is 8.95. The third-order valence-corrected chi connectivity index (χ3v) is 2.80. The fourth-order valence-electron chi connectivity index (χ4n) is 1.39. The molecule has 0 unspecified atom stereocenters. The molecule has 0 saturated heterocycles. The van der Waals surface area contributed by atoms with Crippen molar-refractivity contribution < 1.29 is 9.66 Å². The summed E-state index contributed by atoms with van der Waals surface area (Å²) in [5, 5.41) is 11.2. The Morgan fingerprint density at radius 1 is 1.37 bits per heavy atom. The molecule has 2 rings (SSSR count). The number of aryl methyl sites for hydroxylation is 1. The monoisotopic (exact) mass is 343 g/mol. The normalized spacial score (nSPS) is 10.3. The van der Waals surface area contributed by atoms with Gasteiger partial charge in [-0.2, -0.15) is 4.98 Å². The van der Waals surface area contributed by atoms with Crippen LogP contribution < -0.4 is 4.74 Å². The zero-order valence-corrected chi connectivity index (χ0v) is 12.0. The predicted molar refractivity (Wildman–Crippen MR) is 72.6 cm³/mol. The van der Waals surface area contributed by atoms with Crippen molar-refractivity contribution in [2.24, 2.45) is 0 Å². The van der Waals surface area contributed by atoms with Crippen LogP contribution in [0, 0.1) is 17.0 Å². The largest absolute Gasteiger partial charge is 0.432 e. The second-order valence-electron chi connectivity index (χ2n) is 3.55. The highest BCUT2D eigenvalue weighted by atomic mass is 79.9. The number of halogens is 2. The second-order valence-corrected chi connectivity index (χ2v) is 4.85. The molecular formula is C11H7BrClN3O3. The maximum absolute atomic E-state index is 10.9. The van der Waals surface area contributed by atoms with Gasteiger partial charge in [0.05, 0.1) is 4.92 Å². The van der Waals surface area contributed by atoms with E-state index < -0.39 is 4.92 Å². The molecule has 2 aromatic rings. The average Bonchev–Trinajstić information content (AvgIpc) is 2.30. The van der Waals surface area contributed by atoms with Crippen molar-refractivity contribution >= 4 is 33.2 Å². The average molecular weight is 345 g/mol. The van der Waals surface area contributed by atoms with Crippen LogP contribution in [0.4, 0.5) is 5.69 Å². The zero-order chi connectivity index (χ0) is 14.0. The molecule has 1 aromatic heterocycles. The molecule has 0 aliphatic rings. The molecule has 0 fully saturated rings. The lowest BCUT2D eigenvalue weighted by molar-refractivity contribution is -0.385. The van der Waals surface area contributed by atoms with Gasteiger partial charge in [-0.15, -0.1) is 0 Å². The van der Waals surface area contributed by atoms with E-state index in [1.54, 1.807) is 13.0 Å². The minimum absolute atomic E-state index is 0.0855. The Bertz CT molecular complexity index is 631. The zero-order valence-electron chi connectivity index (χ0n) is 9.63. The van der Waals surface area contributed by atoms with E-state index in [2.05, 4.69) is 25.9 Å². The molecule has 1 aromatic carbocycles. The van der Waals surface area contributed by atoms with E-state index in [1.165, 1.54) is 18.2 Å². The molecule has 0 spiro atoms. The van der Waals surface area contributed by atoms with Crippen molar-refractivity contribution in [2.45, 2.75) is 6.92 Å². The number of benzene rings is 1. The summed E-state index contributed by atoms with van der Waals surface area (Å²) >= 11 is 8.94. The van der Waals surface area contributed by atoms with Gasteiger partial charge in [-0.05, 0) is 19.1 Å². The van der Waals surface area contributed by atoms with Crippen molar-refractivity contribution in [3.05, 3.63) is 49.8 Å². The van der Waals surface area contributed by atoms with E-state index in [-0.39, 0.29) is 22.5 Å². The summed E-state index contributed by atoms with van der Waals surface area (Å²) in [4.78, 5) is 18.3. The molecule has 0 bridgehead atoms. The van der Waals surface area contributed by atoms with Gasteiger partial charge < -0.3 is 4.74 Å². The molecule has 0 aliphatic heterocycles. The van der Waals surface area contributed by atoms with E-state index in [4.69, 9.17) is 16.3 Å². The van der Waals surface area contributed by atoms with E-state index in [0.717, 1.165) is 0 Å². The summed E-state index contributed by atoms with van der Waals surface area (Å²) in [6, 6.07) is 5.86. The maximum atomic E-state index is 10.9. The van der Waals surface area contributed by atoms with Crippen LogP contribution in [-0.4, -0.2) is 14.9 Å². The van der Waals surface area contributed by atoms with Gasteiger partial charge in [0.25, 0.3) is 0 Å². The first-order valence-electron chi connectivity index (χ1n) is 5.08. The van der Waals surface area contributed by atoms with Crippen LogP contribution in [-0.2, 0) is 0 Å². The highest BCUT2D eigenvalue weighted by molar-refractivity contribution is 9.10. The fraction of sp³-hybridized carbons (Fsp3) is 0.0909. The van der Waals surface area contributed by atoms with Gasteiger partial charge in [-0.1, -0.05) is 27.5 Å². The molecule has 98 valence electrons. The summed E-state index contributed by atoms with van der Waals surface area (Å²) < 4.78 is 5.98. The minimum atomic E-state index is -0.532. The van der Waals surface area contributed by atoms with Crippen molar-refractivity contribution in [3.8, 4) is 11.6 Å². The van der Waals surface area contributed by atoms with Crippen molar-refractivity contribution in [1.82, 2.24) is 9.97 Å². The molecule has 8 heteroatoms. The quantitative estimate of drug-likeness (QED) is 0.479. The third-order valence-electron chi connectivity index (χ3n) is 2.12. The third kappa shape index (κ3) is 3.39. The Balaban J connectivity index is 2.40. The van der Waals surface area contributed by atoms with Gasteiger partial charge in [-0.25, -0.2) is 4.98 Å². The highest BCUT2D eigenvalue weighted by Crippen LogP contribution is 2.33. The van der Waals surface area contributed by atoms with Gasteiger partial charge in [0.2, 0.25) is 11.6 Å². The van der Waals surface area contributed by atoms with Crippen LogP contribution in [0.15, 0.2) is 28.7 Å². The second kappa shape index (κ2) is 5.50. The number of nitro benzene ring substituents is 1. The summed E-state index contributed by atoms with van der Waals surface area (Å²) in [6.45, 7) is 1.65. The minimum Gasteiger partial charge on any atom is -0.432 e. The molecule has 0 radical (unpaired) electrons. The summed E-state index contributed by atoms with van der Waals surface area (Å²) in [5.41, 5.74) is -0.165. The molecule has 0 amide bonds. The Labute approximate surface area is 121 Å². The van der Waals surface area contributed by atoms with Gasteiger partial charge >= 0.3 is 5.69 Å². The van der Waals surface area contributed by atoms with Gasteiger partial charge in [0, 0.05) is 16.6 Å². The smallest absolute Gasteiger partial charge is 0.312 e. The Kier molecular flexibility index (Phi) is 3.96. The first kappa shape index (κ1) is 13.7. The number of nitrogens with zero attached hydrogens (tertiary/aromatic N) is 3. The van der Waals surface area contributed by atoms with Gasteiger partial charge in [0.1, 0.15) is 11.0 Å². The lowest BCUT2D eigenvalue weighted by Gasteiger charge is -2.06. The topological polar surface area (TPSA) is 78.2 Å². The number of hydrogen-bond donors (Lipinski definition) is 0. The molecule has 0 saturated carbocycles. The Hall–Kier alpha value is -1.73. The van der Waals surface area contributed by atoms with E-state index in [0.29, 0.717) is 10.3 Å². The molecule has 0 N–H and O–H groups in total. The number of ether oxygens (including phenoxy) is 1. The molecule has 6 nitrogen and oxygen atoms in total. The SMILES string of the molecule is Cc1nc(Cl)cc(Oc2ccc(Br)cc2[N+](=O)[O-])n1. The maximum Gasteiger partial charge on any atom is 0.312 e. The summed E-state index contributed by atoms with van der Waals surface area (Å²) in [7, 11) is 0. The lowest BCUT2D eigenvalue weighted by Crippen LogP contribution is -1.96. The molecule has 1 heterocycles. The summed E-state index contributed by atoms with van der Waals surface area (Å²) in [6.07, 6.45) is 0. The number of rotatable bonds is 3.